The average Bonchev–Trinajstić information content (AvgIpc) is 2.18. The van der Waals surface area contributed by atoms with Gasteiger partial charge in [-0.05, 0) is 32.9 Å². The van der Waals surface area contributed by atoms with Gasteiger partial charge in [-0.2, -0.15) is 4.40 Å². The van der Waals surface area contributed by atoms with Crippen LogP contribution >= 0.6 is 23.5 Å². The maximum absolute atomic E-state index is 13.2. The monoisotopic (exact) mass is 273 g/mol. The predicted molar refractivity (Wildman–Crippen MR) is 71.2 cm³/mol. The molecule has 0 unspecified atom stereocenters. The molecule has 0 aliphatic carbocycles. The minimum Gasteiger partial charge on any atom is -0.351 e. The number of rotatable bonds is 0. The fraction of sp³-hybridized carbons (Fsp3) is 0.364. The van der Waals surface area contributed by atoms with Gasteiger partial charge in [0.05, 0.1) is 15.6 Å². The summed E-state index contributed by atoms with van der Waals surface area (Å²) in [4.78, 5) is 0.728. The first-order valence-electron chi connectivity index (χ1n) is 5.14. The van der Waals surface area contributed by atoms with Crippen LogP contribution < -0.4 is 10.6 Å². The highest BCUT2D eigenvalue weighted by Gasteiger charge is 2.19. The molecule has 1 aromatic rings. The lowest BCUT2D eigenvalue weighted by atomic mass is 10.1. The molecule has 1 aliphatic rings. The van der Waals surface area contributed by atoms with E-state index in [2.05, 4.69) is 15.0 Å². The number of benzene rings is 1. The zero-order chi connectivity index (χ0) is 12.6. The number of fused-ring (bicyclic) bond motifs is 1. The molecule has 6 heteroatoms. The summed E-state index contributed by atoms with van der Waals surface area (Å²) in [5, 5.41) is 6.41. The molecular weight excluding hydrogens is 261 g/mol. The van der Waals surface area contributed by atoms with Crippen LogP contribution in [0.3, 0.4) is 0 Å². The molecule has 0 atom stereocenters. The van der Waals surface area contributed by atoms with Crippen molar-refractivity contribution in [3.8, 4) is 0 Å². The van der Waals surface area contributed by atoms with Crippen molar-refractivity contribution in [3.63, 3.8) is 0 Å². The molecule has 0 bridgehead atoms. The Kier molecular flexibility index (Phi) is 3.23. The van der Waals surface area contributed by atoms with Crippen LogP contribution in [0, 0.1) is 5.82 Å². The van der Waals surface area contributed by atoms with Gasteiger partial charge in [-0.25, -0.2) is 4.39 Å². The summed E-state index contributed by atoms with van der Waals surface area (Å²) in [6.07, 6.45) is 0. The zero-order valence-corrected chi connectivity index (χ0v) is 11.3. The van der Waals surface area contributed by atoms with E-state index in [0.29, 0.717) is 5.96 Å². The molecule has 17 heavy (non-hydrogen) atoms. The molecule has 0 saturated carbocycles. The lowest BCUT2D eigenvalue weighted by molar-refractivity contribution is 0.511. The molecule has 1 aliphatic heterocycles. The third kappa shape index (κ3) is 3.04. The summed E-state index contributed by atoms with van der Waals surface area (Å²) in [5.41, 5.74) is 0.677. The van der Waals surface area contributed by atoms with Crippen molar-refractivity contribution in [2.75, 3.05) is 5.32 Å². The molecule has 0 aromatic heterocycles. The number of hydrogen-bond acceptors (Lipinski definition) is 4. The Labute approximate surface area is 109 Å². The zero-order valence-electron chi connectivity index (χ0n) is 9.77. The van der Waals surface area contributed by atoms with Crippen LogP contribution in [0.1, 0.15) is 20.8 Å². The molecular formula is C11H13ClFN3S. The molecule has 3 nitrogen and oxygen atoms in total. The van der Waals surface area contributed by atoms with Gasteiger partial charge < -0.3 is 10.6 Å². The number of nitrogens with one attached hydrogen (secondary N) is 2. The highest BCUT2D eigenvalue weighted by atomic mass is 35.5. The lowest BCUT2D eigenvalue weighted by Crippen LogP contribution is -2.44. The van der Waals surface area contributed by atoms with Crippen LogP contribution in [0.2, 0.25) is 5.02 Å². The Morgan fingerprint density at radius 3 is 2.76 bits per heavy atom. The number of halogens is 2. The third-order valence-electron chi connectivity index (χ3n) is 2.00. The minimum atomic E-state index is -0.429. The van der Waals surface area contributed by atoms with E-state index >= 15 is 0 Å². The standard InChI is InChI=1S/C11H13ClFN3S/c1-11(2,3)15-10-14-8-4-6(12)7(13)5-9(8)17-16-10/h4-5H,1-3H3,(H2,14,15,16). The number of guanidine groups is 1. The summed E-state index contributed by atoms with van der Waals surface area (Å²) in [6, 6.07) is 2.95. The van der Waals surface area contributed by atoms with Crippen molar-refractivity contribution in [2.24, 2.45) is 4.40 Å². The van der Waals surface area contributed by atoms with Gasteiger partial charge in [0.25, 0.3) is 0 Å². The Morgan fingerprint density at radius 2 is 2.12 bits per heavy atom. The average molecular weight is 274 g/mol. The molecule has 0 saturated heterocycles. The Balaban J connectivity index is 2.22. The summed E-state index contributed by atoms with van der Waals surface area (Å²) >= 11 is 6.97. The van der Waals surface area contributed by atoms with Crippen molar-refractivity contribution in [1.82, 2.24) is 5.32 Å². The third-order valence-corrected chi connectivity index (χ3v) is 3.10. The maximum Gasteiger partial charge on any atom is 0.208 e. The number of nitrogens with zero attached hydrogens (tertiary/aromatic N) is 1. The Morgan fingerprint density at radius 1 is 1.41 bits per heavy atom. The molecule has 0 fully saturated rings. The van der Waals surface area contributed by atoms with Crippen LogP contribution in [0.25, 0.3) is 0 Å². The van der Waals surface area contributed by atoms with Crippen molar-refractivity contribution >= 4 is 35.2 Å². The van der Waals surface area contributed by atoms with E-state index in [1.54, 1.807) is 6.07 Å². The minimum absolute atomic E-state index is 0.0896. The van der Waals surface area contributed by atoms with E-state index in [0.717, 1.165) is 10.6 Å². The molecule has 0 amide bonds. The second-order valence-corrected chi connectivity index (χ2v) is 6.01. The smallest absolute Gasteiger partial charge is 0.208 e. The van der Waals surface area contributed by atoms with Crippen LogP contribution in [0.4, 0.5) is 10.1 Å². The molecule has 1 aromatic carbocycles. The van der Waals surface area contributed by atoms with Crippen molar-refractivity contribution in [2.45, 2.75) is 31.2 Å². The highest BCUT2D eigenvalue weighted by molar-refractivity contribution is 7.98. The van der Waals surface area contributed by atoms with E-state index in [1.807, 2.05) is 20.8 Å². The van der Waals surface area contributed by atoms with Gasteiger partial charge in [-0.3, -0.25) is 0 Å². The van der Waals surface area contributed by atoms with E-state index in [-0.39, 0.29) is 10.6 Å². The van der Waals surface area contributed by atoms with Gasteiger partial charge in [0.1, 0.15) is 5.82 Å². The Hall–Kier alpha value is -0.940. The number of anilines is 1. The second-order valence-electron chi connectivity index (χ2n) is 4.79. The van der Waals surface area contributed by atoms with Crippen LogP contribution in [0.5, 0.6) is 0 Å². The van der Waals surface area contributed by atoms with Crippen molar-refractivity contribution in [1.29, 1.82) is 0 Å². The van der Waals surface area contributed by atoms with Gasteiger partial charge >= 0.3 is 0 Å². The van der Waals surface area contributed by atoms with E-state index in [9.17, 15) is 4.39 Å². The van der Waals surface area contributed by atoms with Gasteiger partial charge in [-0.1, -0.05) is 11.6 Å². The molecule has 2 N–H and O–H groups in total. The molecule has 0 radical (unpaired) electrons. The Bertz CT molecular complexity index is 482. The van der Waals surface area contributed by atoms with Crippen molar-refractivity contribution < 1.29 is 4.39 Å². The first-order chi connectivity index (χ1) is 7.85. The number of hydrogen-bond donors (Lipinski definition) is 2. The molecule has 92 valence electrons. The molecule has 2 rings (SSSR count). The lowest BCUT2D eigenvalue weighted by Gasteiger charge is -2.26. The predicted octanol–water partition coefficient (Wildman–Crippen LogP) is 3.66. The first kappa shape index (κ1) is 12.5. The largest absolute Gasteiger partial charge is 0.351 e. The van der Waals surface area contributed by atoms with Gasteiger partial charge in [0.2, 0.25) is 5.96 Å². The van der Waals surface area contributed by atoms with Crippen LogP contribution in [-0.4, -0.2) is 11.5 Å². The van der Waals surface area contributed by atoms with E-state index in [1.165, 1.54) is 18.0 Å². The second kappa shape index (κ2) is 4.38. The van der Waals surface area contributed by atoms with E-state index < -0.39 is 5.82 Å². The SMILES string of the molecule is CC(C)(C)NC1=NSc2cc(F)c(Cl)cc2N1. The maximum atomic E-state index is 13.2. The van der Waals surface area contributed by atoms with Crippen LogP contribution in [-0.2, 0) is 0 Å². The fourth-order valence-corrected chi connectivity index (χ4v) is 2.17. The van der Waals surface area contributed by atoms with Gasteiger partial charge in [-0.15, -0.1) is 0 Å². The van der Waals surface area contributed by atoms with E-state index in [4.69, 9.17) is 11.6 Å². The van der Waals surface area contributed by atoms with Gasteiger partial charge in [0, 0.05) is 17.5 Å². The first-order valence-corrected chi connectivity index (χ1v) is 6.29. The summed E-state index contributed by atoms with van der Waals surface area (Å²) in [5.74, 6) is 0.222. The molecule has 0 spiro atoms. The quantitative estimate of drug-likeness (QED) is 0.709. The normalized spacial score (nSPS) is 14.8. The topological polar surface area (TPSA) is 36.4 Å². The summed E-state index contributed by atoms with van der Waals surface area (Å²) < 4.78 is 17.5. The fourth-order valence-electron chi connectivity index (χ4n) is 1.36. The summed E-state index contributed by atoms with van der Waals surface area (Å²) in [7, 11) is 0. The van der Waals surface area contributed by atoms with Crippen LogP contribution in [0.15, 0.2) is 21.4 Å². The molecule has 1 heterocycles. The van der Waals surface area contributed by atoms with Gasteiger partial charge in [0.15, 0.2) is 0 Å². The van der Waals surface area contributed by atoms with Crippen molar-refractivity contribution in [3.05, 3.63) is 23.0 Å². The highest BCUT2D eigenvalue weighted by Crippen LogP contribution is 2.35. The summed E-state index contributed by atoms with van der Waals surface area (Å²) in [6.45, 7) is 6.11.